The van der Waals surface area contributed by atoms with Crippen LogP contribution < -0.4 is 15.5 Å². The van der Waals surface area contributed by atoms with Crippen LogP contribution in [0, 0.1) is 0 Å². The van der Waals surface area contributed by atoms with E-state index < -0.39 is 40.8 Å². The van der Waals surface area contributed by atoms with Crippen molar-refractivity contribution in [1.29, 1.82) is 0 Å². The molecule has 0 aromatic heterocycles. The monoisotopic (exact) mass is 408 g/mol. The number of hydrogen-bond donors (Lipinski definition) is 1. The Morgan fingerprint density at radius 2 is 1.47 bits per heavy atom. The summed E-state index contributed by atoms with van der Waals surface area (Å²) in [4.78, 5) is 60.7. The minimum Gasteiger partial charge on any atom is -0.545 e. The molecule has 0 unspecified atom stereocenters. The first-order valence-corrected chi connectivity index (χ1v) is 9.12. The van der Waals surface area contributed by atoms with Crippen LogP contribution in [0.1, 0.15) is 71.6 Å². The number of unbranched alkanes of at least 4 members (excludes halogenated alkanes) is 1. The van der Waals surface area contributed by atoms with Crippen LogP contribution >= 0.6 is 0 Å². The average molecular weight is 408 g/mol. The van der Waals surface area contributed by atoms with E-state index in [0.29, 0.717) is 6.42 Å². The summed E-state index contributed by atoms with van der Waals surface area (Å²) in [6.07, 6.45) is 1.47. The van der Waals surface area contributed by atoms with Crippen molar-refractivity contribution in [3.8, 4) is 0 Å². The van der Waals surface area contributed by atoms with Gasteiger partial charge in [-0.15, -0.1) is 0 Å². The molecule has 154 valence electrons. The molecule has 0 radical (unpaired) electrons. The number of carbonyl (C=O) groups excluding carboxylic acids is 5. The highest BCUT2D eigenvalue weighted by molar-refractivity contribution is 6.22. The van der Waals surface area contributed by atoms with Gasteiger partial charge in [0.1, 0.15) is 0 Å². The van der Waals surface area contributed by atoms with Crippen molar-refractivity contribution >= 4 is 35.3 Å². The quantitative estimate of drug-likeness (QED) is 0.637. The van der Waals surface area contributed by atoms with E-state index in [2.05, 4.69) is 5.32 Å². The van der Waals surface area contributed by atoms with Gasteiger partial charge >= 0.3 is 0 Å². The Morgan fingerprint density at radius 3 is 2.03 bits per heavy atom. The van der Waals surface area contributed by atoms with Crippen LogP contribution in [0.5, 0.6) is 0 Å². The fourth-order valence-electron chi connectivity index (χ4n) is 3.09. The standard InChI is InChI=1S/C21H18N2O7/c1-2-3-6-23-18(25)15-5-4-11(10-16(15)19(23)26)17(24)22-14-8-12(20(27)28)7-13(9-14)21(29)30/h4-5,7-10H,2-3,6H2,1H3,(H,22,24)(H,27,28)(H,29,30)/p-2. The smallest absolute Gasteiger partial charge is 0.261 e. The number of anilines is 1. The van der Waals surface area contributed by atoms with Crippen LogP contribution in [-0.2, 0) is 0 Å². The molecule has 3 amide bonds. The van der Waals surface area contributed by atoms with E-state index in [-0.39, 0.29) is 28.9 Å². The van der Waals surface area contributed by atoms with Gasteiger partial charge < -0.3 is 25.1 Å². The molecular weight excluding hydrogens is 392 g/mol. The van der Waals surface area contributed by atoms with E-state index >= 15 is 0 Å². The van der Waals surface area contributed by atoms with Gasteiger partial charge in [-0.2, -0.15) is 0 Å². The molecule has 9 heteroatoms. The first-order valence-electron chi connectivity index (χ1n) is 9.12. The van der Waals surface area contributed by atoms with Gasteiger partial charge in [0.25, 0.3) is 17.7 Å². The summed E-state index contributed by atoms with van der Waals surface area (Å²) >= 11 is 0. The van der Waals surface area contributed by atoms with E-state index in [1.807, 2.05) is 6.92 Å². The molecule has 0 atom stereocenters. The third-order valence-electron chi connectivity index (χ3n) is 4.63. The van der Waals surface area contributed by atoms with Crippen LogP contribution in [0.15, 0.2) is 36.4 Å². The van der Waals surface area contributed by atoms with Crippen molar-refractivity contribution in [1.82, 2.24) is 4.90 Å². The summed E-state index contributed by atoms with van der Waals surface area (Å²) < 4.78 is 0. The molecule has 2 aromatic carbocycles. The topological polar surface area (TPSA) is 147 Å². The fraction of sp³-hybridized carbons (Fsp3) is 0.190. The Bertz CT molecular complexity index is 1060. The molecule has 2 aromatic rings. The van der Waals surface area contributed by atoms with Crippen molar-refractivity contribution in [2.45, 2.75) is 19.8 Å². The van der Waals surface area contributed by atoms with E-state index in [9.17, 15) is 34.2 Å². The summed E-state index contributed by atoms with van der Waals surface area (Å²) in [5, 5.41) is 24.5. The lowest BCUT2D eigenvalue weighted by atomic mass is 10.0. The molecular formula is C21H16N2O7-2. The number of rotatable bonds is 7. The predicted octanol–water partition coefficient (Wildman–Crippen LogP) is 0.0620. The Kier molecular flexibility index (Phi) is 5.63. The van der Waals surface area contributed by atoms with Crippen molar-refractivity contribution < 1.29 is 34.2 Å². The average Bonchev–Trinajstić information content (AvgIpc) is 2.95. The number of hydrogen-bond acceptors (Lipinski definition) is 7. The number of carbonyl (C=O) groups is 5. The number of aromatic carboxylic acids is 2. The van der Waals surface area contributed by atoms with Gasteiger partial charge in [-0.1, -0.05) is 13.3 Å². The molecule has 1 aliphatic heterocycles. The molecule has 3 rings (SSSR count). The lowest BCUT2D eigenvalue weighted by molar-refractivity contribution is -0.255. The van der Waals surface area contributed by atoms with Crippen molar-refractivity contribution in [2.75, 3.05) is 11.9 Å². The number of imide groups is 1. The van der Waals surface area contributed by atoms with Gasteiger partial charge in [0.05, 0.1) is 23.1 Å². The van der Waals surface area contributed by atoms with Crippen LogP contribution in [0.4, 0.5) is 5.69 Å². The maximum Gasteiger partial charge on any atom is 0.261 e. The van der Waals surface area contributed by atoms with Crippen LogP contribution in [0.25, 0.3) is 0 Å². The number of fused-ring (bicyclic) bond motifs is 1. The van der Waals surface area contributed by atoms with E-state index in [4.69, 9.17) is 0 Å². The zero-order valence-electron chi connectivity index (χ0n) is 15.9. The summed E-state index contributed by atoms with van der Waals surface area (Å²) in [7, 11) is 0. The number of amides is 3. The van der Waals surface area contributed by atoms with Gasteiger partial charge in [-0.3, -0.25) is 19.3 Å². The predicted molar refractivity (Wildman–Crippen MR) is 99.8 cm³/mol. The first-order chi connectivity index (χ1) is 14.2. The Hall–Kier alpha value is -4.01. The Balaban J connectivity index is 1.87. The van der Waals surface area contributed by atoms with E-state index in [0.717, 1.165) is 29.5 Å². The molecule has 0 bridgehead atoms. The summed E-state index contributed by atoms with van der Waals surface area (Å²) in [6.45, 7) is 2.22. The summed E-state index contributed by atoms with van der Waals surface area (Å²) in [5.74, 6) is -4.87. The lowest BCUT2D eigenvalue weighted by Gasteiger charge is -2.12. The number of carboxylic acids is 2. The Morgan fingerprint density at radius 1 is 0.867 bits per heavy atom. The van der Waals surface area contributed by atoms with Gasteiger partial charge in [0, 0.05) is 17.8 Å². The zero-order valence-corrected chi connectivity index (χ0v) is 15.9. The molecule has 1 aliphatic rings. The van der Waals surface area contributed by atoms with Crippen molar-refractivity contribution in [3.63, 3.8) is 0 Å². The highest BCUT2D eigenvalue weighted by atomic mass is 16.4. The maximum atomic E-state index is 12.6. The van der Waals surface area contributed by atoms with Crippen molar-refractivity contribution in [3.05, 3.63) is 64.2 Å². The molecule has 30 heavy (non-hydrogen) atoms. The van der Waals surface area contributed by atoms with Gasteiger partial charge in [-0.05, 0) is 53.9 Å². The van der Waals surface area contributed by atoms with Gasteiger partial charge in [-0.25, -0.2) is 0 Å². The van der Waals surface area contributed by atoms with Crippen molar-refractivity contribution in [2.24, 2.45) is 0 Å². The second kappa shape index (κ2) is 8.16. The lowest BCUT2D eigenvalue weighted by Crippen LogP contribution is -2.30. The normalized spacial score (nSPS) is 12.6. The first kappa shape index (κ1) is 20.7. The number of benzene rings is 2. The van der Waals surface area contributed by atoms with Crippen LogP contribution in [0.3, 0.4) is 0 Å². The zero-order chi connectivity index (χ0) is 22.0. The SMILES string of the molecule is CCCCN1C(=O)c2ccc(C(=O)Nc3cc(C(=O)[O-])cc(C(=O)[O-])c3)cc2C1=O. The third-order valence-corrected chi connectivity index (χ3v) is 4.63. The molecule has 0 spiro atoms. The van der Waals surface area contributed by atoms with Crippen LogP contribution in [0.2, 0.25) is 0 Å². The molecule has 1 N–H and O–H groups in total. The maximum absolute atomic E-state index is 12.6. The molecule has 0 saturated heterocycles. The molecule has 0 fully saturated rings. The third kappa shape index (κ3) is 3.90. The van der Waals surface area contributed by atoms with Crippen LogP contribution in [-0.4, -0.2) is 41.1 Å². The van der Waals surface area contributed by atoms with E-state index in [1.54, 1.807) is 0 Å². The minimum absolute atomic E-state index is 0.0427. The minimum atomic E-state index is -1.62. The molecule has 9 nitrogen and oxygen atoms in total. The highest BCUT2D eigenvalue weighted by Crippen LogP contribution is 2.25. The molecule has 0 aliphatic carbocycles. The second-order valence-electron chi connectivity index (χ2n) is 6.70. The number of nitrogens with zero attached hydrogens (tertiary/aromatic N) is 1. The molecule has 1 heterocycles. The van der Waals surface area contributed by atoms with E-state index in [1.165, 1.54) is 18.2 Å². The summed E-state index contributed by atoms with van der Waals surface area (Å²) in [6, 6.07) is 6.93. The largest absolute Gasteiger partial charge is 0.545 e. The number of nitrogens with one attached hydrogen (secondary N) is 1. The van der Waals surface area contributed by atoms with Gasteiger partial charge in [0.2, 0.25) is 0 Å². The fourth-order valence-corrected chi connectivity index (χ4v) is 3.09. The summed E-state index contributed by atoms with van der Waals surface area (Å²) in [5.41, 5.74) is -0.662. The van der Waals surface area contributed by atoms with Gasteiger partial charge in [0.15, 0.2) is 0 Å². The number of carboxylic acid groups (broad SMARTS) is 2. The second-order valence-corrected chi connectivity index (χ2v) is 6.70. The molecule has 0 saturated carbocycles. The highest BCUT2D eigenvalue weighted by Gasteiger charge is 2.35. The Labute approximate surface area is 170 Å².